The van der Waals surface area contributed by atoms with E-state index < -0.39 is 0 Å². The van der Waals surface area contributed by atoms with Gasteiger partial charge in [0.05, 0.1) is 16.7 Å². The maximum absolute atomic E-state index is 7.44. The third kappa shape index (κ3) is 5.13. The van der Waals surface area contributed by atoms with E-state index in [-0.39, 0.29) is 33.9 Å². The van der Waals surface area contributed by atoms with E-state index in [1.807, 2.05) is 0 Å². The quantitative estimate of drug-likeness (QED) is 0.154. The Bertz CT molecular complexity index is 3910. The Labute approximate surface area is 400 Å². The second-order valence-corrected chi connectivity index (χ2v) is 24.8. The zero-order valence-electron chi connectivity index (χ0n) is 41.7. The molecular formula is C63H59BN2O2. The van der Waals surface area contributed by atoms with Gasteiger partial charge in [0, 0.05) is 55.4 Å². The summed E-state index contributed by atoms with van der Waals surface area (Å²) in [6, 6.07) is 44.7. The van der Waals surface area contributed by atoms with Gasteiger partial charge in [0.1, 0.15) is 22.4 Å². The highest BCUT2D eigenvalue weighted by atomic mass is 16.3. The lowest BCUT2D eigenvalue weighted by atomic mass is 9.46. The van der Waals surface area contributed by atoms with Gasteiger partial charge in [-0.05, 0) is 145 Å². The van der Waals surface area contributed by atoms with Gasteiger partial charge in [-0.1, -0.05) is 138 Å². The lowest BCUT2D eigenvalue weighted by Gasteiger charge is -2.42. The number of rotatable bonds is 1. The molecule has 336 valence electrons. The second kappa shape index (κ2) is 12.6. The molecule has 0 unspecified atom stereocenters. The van der Waals surface area contributed by atoms with Crippen molar-refractivity contribution in [2.24, 2.45) is 0 Å². The molecule has 0 fully saturated rings. The molecule has 3 aromatic heterocycles. The van der Waals surface area contributed by atoms with Gasteiger partial charge >= 0.3 is 6.85 Å². The molecule has 0 saturated carbocycles. The summed E-state index contributed by atoms with van der Waals surface area (Å²) < 4.78 is 16.6. The van der Waals surface area contributed by atoms with E-state index in [1.165, 1.54) is 95.9 Å². The van der Waals surface area contributed by atoms with Gasteiger partial charge < -0.3 is 18.2 Å². The molecule has 5 heteroatoms. The molecule has 4 nitrogen and oxygen atoms in total. The summed E-state index contributed by atoms with van der Waals surface area (Å²) in [7, 11) is 0. The summed E-state index contributed by atoms with van der Waals surface area (Å²) in [6.07, 6.45) is 2.39. The fourth-order valence-electron chi connectivity index (χ4n) is 13.2. The number of hydrogen-bond donors (Lipinski definition) is 0. The van der Waals surface area contributed by atoms with Crippen LogP contribution in [0.5, 0.6) is 0 Å². The number of benzene rings is 7. The van der Waals surface area contributed by atoms with Crippen molar-refractivity contribution in [2.45, 2.75) is 123 Å². The summed E-state index contributed by atoms with van der Waals surface area (Å²) in [5.41, 5.74) is 24.7. The third-order valence-corrected chi connectivity index (χ3v) is 17.3. The number of aromatic nitrogens is 1. The molecule has 2 aliphatic heterocycles. The van der Waals surface area contributed by atoms with E-state index in [0.29, 0.717) is 0 Å². The number of furan rings is 2. The maximum atomic E-state index is 7.44. The number of hydrogen-bond acceptors (Lipinski definition) is 3. The number of nitrogens with zero attached hydrogens (tertiary/aromatic N) is 2. The van der Waals surface area contributed by atoms with Crippen LogP contribution in [0.3, 0.4) is 0 Å². The highest BCUT2D eigenvalue weighted by Crippen LogP contribution is 2.58. The van der Waals surface area contributed by atoms with Crippen LogP contribution in [-0.2, 0) is 27.1 Å². The highest BCUT2D eigenvalue weighted by Gasteiger charge is 2.49. The molecule has 14 rings (SSSR count). The van der Waals surface area contributed by atoms with E-state index in [0.717, 1.165) is 55.5 Å². The first-order valence-corrected chi connectivity index (χ1v) is 25.0. The molecule has 68 heavy (non-hydrogen) atoms. The average molecular weight is 887 g/mol. The minimum atomic E-state index is -0.238. The summed E-state index contributed by atoms with van der Waals surface area (Å²) in [4.78, 5) is 2.65. The third-order valence-electron chi connectivity index (χ3n) is 17.3. The van der Waals surface area contributed by atoms with E-state index in [1.54, 1.807) is 0 Å². The predicted molar refractivity (Wildman–Crippen MR) is 287 cm³/mol. The Kier molecular flexibility index (Phi) is 7.52. The Balaban J connectivity index is 1.13. The molecule has 0 spiro atoms. The Hall–Kier alpha value is -6.46. The van der Waals surface area contributed by atoms with Crippen molar-refractivity contribution in [3.8, 4) is 27.9 Å². The van der Waals surface area contributed by atoms with Gasteiger partial charge in [0.25, 0.3) is 0 Å². The monoisotopic (exact) mass is 886 g/mol. The molecule has 4 aliphatic rings. The van der Waals surface area contributed by atoms with Crippen LogP contribution in [0, 0.1) is 0 Å². The van der Waals surface area contributed by atoms with Gasteiger partial charge in [-0.2, -0.15) is 0 Å². The lowest BCUT2D eigenvalue weighted by Crippen LogP contribution is -2.60. The Morgan fingerprint density at radius 3 is 1.88 bits per heavy atom. The van der Waals surface area contributed by atoms with E-state index in [9.17, 15) is 0 Å². The van der Waals surface area contributed by atoms with Crippen LogP contribution in [0.2, 0.25) is 0 Å². The SMILES string of the molecule is CC(C)(C)c1ccc(N2B3c4oc5ccc(C(C)(C)C)cc5c4-n4c5cc6oc7ccccc7c6cc5c5ccc(c3c54)-c3cc4c(cc32)-c2cc3c(cc2C4(C)C)C(C)(C)CCC3(C)C)cc1. The number of fused-ring (bicyclic) bond motifs is 17. The summed E-state index contributed by atoms with van der Waals surface area (Å²) >= 11 is 0. The van der Waals surface area contributed by atoms with Crippen LogP contribution in [0.4, 0.5) is 11.4 Å². The Morgan fingerprint density at radius 2 is 1.15 bits per heavy atom. The van der Waals surface area contributed by atoms with Gasteiger partial charge in [0.2, 0.25) is 0 Å². The molecule has 0 amide bonds. The molecule has 0 radical (unpaired) electrons. The zero-order chi connectivity index (χ0) is 46.9. The topological polar surface area (TPSA) is 34.5 Å². The van der Waals surface area contributed by atoms with E-state index >= 15 is 0 Å². The van der Waals surface area contributed by atoms with E-state index in [4.69, 9.17) is 8.83 Å². The van der Waals surface area contributed by atoms with Crippen molar-refractivity contribution in [3.05, 3.63) is 149 Å². The average Bonchev–Trinajstić information content (AvgIpc) is 4.01. The van der Waals surface area contributed by atoms with Crippen LogP contribution in [0.1, 0.15) is 129 Å². The molecule has 0 N–H and O–H groups in total. The van der Waals surface area contributed by atoms with Gasteiger partial charge in [-0.15, -0.1) is 0 Å². The van der Waals surface area contributed by atoms with Crippen molar-refractivity contribution in [1.82, 2.24) is 4.57 Å². The van der Waals surface area contributed by atoms with Gasteiger partial charge in [-0.3, -0.25) is 0 Å². The number of para-hydroxylation sites is 1. The second-order valence-electron chi connectivity index (χ2n) is 24.8. The fraction of sp³-hybridized carbons (Fsp3) is 0.302. The predicted octanol–water partition coefficient (Wildman–Crippen LogP) is 15.9. The summed E-state index contributed by atoms with van der Waals surface area (Å²) in [5.74, 6) is 0. The molecule has 0 bridgehead atoms. The van der Waals surface area contributed by atoms with Crippen molar-refractivity contribution < 1.29 is 8.83 Å². The smallest absolute Gasteiger partial charge is 0.375 e. The molecule has 7 aromatic carbocycles. The van der Waals surface area contributed by atoms with Crippen molar-refractivity contribution in [1.29, 1.82) is 0 Å². The molecule has 5 heterocycles. The highest BCUT2D eigenvalue weighted by molar-refractivity contribution is 6.93. The maximum Gasteiger partial charge on any atom is 0.375 e. The van der Waals surface area contributed by atoms with Crippen molar-refractivity contribution in [2.75, 3.05) is 4.81 Å². The van der Waals surface area contributed by atoms with Crippen LogP contribution in [0.15, 0.2) is 124 Å². The zero-order valence-corrected chi connectivity index (χ0v) is 41.7. The molecule has 0 saturated heterocycles. The van der Waals surface area contributed by atoms with Gasteiger partial charge in [0.15, 0.2) is 0 Å². The lowest BCUT2D eigenvalue weighted by molar-refractivity contribution is 0.331. The first-order valence-electron chi connectivity index (χ1n) is 25.0. The van der Waals surface area contributed by atoms with Gasteiger partial charge in [-0.25, -0.2) is 0 Å². The largest absolute Gasteiger partial charge is 0.466 e. The van der Waals surface area contributed by atoms with Crippen LogP contribution in [0.25, 0.3) is 82.7 Å². The minimum absolute atomic E-state index is 0.0155. The van der Waals surface area contributed by atoms with Crippen LogP contribution < -0.4 is 15.9 Å². The van der Waals surface area contributed by atoms with Crippen LogP contribution in [-0.4, -0.2) is 11.4 Å². The molecular weight excluding hydrogens is 828 g/mol. The summed E-state index contributed by atoms with van der Waals surface area (Å²) in [6.45, 7) is 28.4. The minimum Gasteiger partial charge on any atom is -0.466 e. The van der Waals surface area contributed by atoms with E-state index in [2.05, 4.69) is 208 Å². The van der Waals surface area contributed by atoms with Crippen LogP contribution >= 0.6 is 0 Å². The van der Waals surface area contributed by atoms with Crippen molar-refractivity contribution in [3.63, 3.8) is 0 Å². The summed E-state index contributed by atoms with van der Waals surface area (Å²) in [5, 5.41) is 5.90. The molecule has 10 aromatic rings. The fourth-order valence-corrected chi connectivity index (χ4v) is 13.2. The molecule has 2 aliphatic carbocycles. The molecule has 0 atom stereocenters. The Morgan fingerprint density at radius 1 is 0.500 bits per heavy atom. The normalized spacial score (nSPS) is 17.3. The number of anilines is 2. The first kappa shape index (κ1) is 40.6. The first-order chi connectivity index (χ1) is 32.2. The van der Waals surface area contributed by atoms with Crippen molar-refractivity contribution >= 4 is 84.1 Å². The standard InChI is InChI=1S/C63H59BN2O2/c1-59(2,3)34-17-20-36(21-18-34)66-51-31-41-40-29-48-49(62(9,10)26-25-61(48,7)8)32-47(40)63(11,12)46(41)30-43(51)38-22-23-39-42-28-44-37-15-13-14-16-52(37)67-54(44)33-50(42)65-56(39)55(38)64(66)58-57(65)45-27-35(60(4,5)6)19-24-53(45)68-58/h13-24,27-33H,25-26H2,1-12H3.